The smallest absolute Gasteiger partial charge is 0.314 e. The van der Waals surface area contributed by atoms with Crippen molar-refractivity contribution in [2.45, 2.75) is 125 Å². The van der Waals surface area contributed by atoms with E-state index in [1.165, 1.54) is 11.1 Å². The summed E-state index contributed by atoms with van der Waals surface area (Å²) < 4.78 is 94.3. The first kappa shape index (κ1) is 72.9. The molecule has 0 bridgehead atoms. The van der Waals surface area contributed by atoms with Gasteiger partial charge >= 0.3 is 12.1 Å². The number of sulfonamides is 2. The van der Waals surface area contributed by atoms with Crippen LogP contribution in [0.1, 0.15) is 95.2 Å². The van der Waals surface area contributed by atoms with Crippen LogP contribution in [0.5, 0.6) is 11.5 Å². The summed E-state index contributed by atoms with van der Waals surface area (Å²) >= 11 is 13.2. The number of carbonyl (C=O) groups excluding carboxylic acids is 2. The summed E-state index contributed by atoms with van der Waals surface area (Å²) in [5.74, 6) is 1.26. The van der Waals surface area contributed by atoms with Crippen molar-refractivity contribution in [1.29, 1.82) is 0 Å². The lowest BCUT2D eigenvalue weighted by Gasteiger charge is -2.41. The predicted molar refractivity (Wildman–Crippen MR) is 359 cm³/mol. The largest absolute Gasteiger partial charge is 0.484 e. The van der Waals surface area contributed by atoms with Gasteiger partial charge in [0.15, 0.2) is 0 Å². The second-order valence-electron chi connectivity index (χ2n) is 24.9. The minimum absolute atomic E-state index is 0.0757. The number of unbranched alkanes of at least 4 members (excludes halogenated alkanes) is 1. The molecule has 8 rings (SSSR count). The van der Waals surface area contributed by atoms with E-state index in [4.69, 9.17) is 51.6 Å². The Kier molecular flexibility index (Phi) is 27.9. The van der Waals surface area contributed by atoms with Gasteiger partial charge in [0.25, 0.3) is 0 Å². The zero-order chi connectivity index (χ0) is 66.0. The van der Waals surface area contributed by atoms with Gasteiger partial charge in [-0.1, -0.05) is 23.2 Å². The molecule has 22 nitrogen and oxygen atoms in total. The highest BCUT2D eigenvalue weighted by Gasteiger charge is 2.43. The molecule has 2 aliphatic heterocycles. The molecule has 2 heterocycles. The number of halogens is 2. The number of nitrogens with zero attached hydrogens (tertiary/aromatic N) is 4. The van der Waals surface area contributed by atoms with Crippen molar-refractivity contribution in [3.8, 4) is 11.5 Å². The van der Waals surface area contributed by atoms with E-state index in [1.807, 2.05) is 38.1 Å². The van der Waals surface area contributed by atoms with Crippen molar-refractivity contribution in [3.05, 3.63) is 115 Å². The highest BCUT2D eigenvalue weighted by atomic mass is 35.5. The Labute approximate surface area is 555 Å². The Hall–Kier alpha value is -4.90. The molecule has 6 atom stereocenters. The SMILES string of the molecule is Cc1cc(S(=O)(=O)NCCOCCOCCNC(=O)NCCCCNC(=O)NCCOCCOCCNS(=O)(=O)c2ccc(O[C@H]3c4cc(Cl)cc(C)c4C[C@@H]3N3CCC[C@@H](N(C)C)C3)c(C)c2)ccc1O[C@H]1c2cc(Cl)cc(C)c2C[C@@H]1N1CCC[C@@H](N(C)C)C1. The molecule has 0 aromatic heterocycles. The number of rotatable bonds is 35. The second kappa shape index (κ2) is 35.2. The number of benzene rings is 4. The van der Waals surface area contributed by atoms with Crippen molar-refractivity contribution < 1.29 is 54.8 Å². The van der Waals surface area contributed by atoms with E-state index in [1.54, 1.807) is 36.4 Å². The third kappa shape index (κ3) is 20.8. The number of likely N-dealkylation sites (N-methyl/N-ethyl adjacent to an activating group) is 2. The standard InChI is InChI=1S/C66H98Cl2N10O12S2/c1-45-35-49(67)39-57-55(45)41-59(77-25-11-13-51(43-77)75(5)6)63(57)89-61-17-15-53(37-47(61)3)91(81,82)73-23-29-87-33-31-85-27-21-71-65(79)69-19-9-10-20-70-66(80)72-22-28-86-32-34-88-30-24-74-92(83,84)54-16-18-62(48(4)38-54)90-64-58-40-50(68)36-46(2)56(58)42-60(64)78-26-12-14-52(44-78)76(7)8/h15-18,35-40,51-52,59-60,63-64,73-74H,9-14,19-34,41-44H2,1-8H3,(H2,69,71,79)(H2,70,72,80)/t51-,52-,59+,60+,63+,64+/m1/s1. The molecule has 4 amide bonds. The van der Waals surface area contributed by atoms with Crippen LogP contribution in [0.2, 0.25) is 10.0 Å². The summed E-state index contributed by atoms with van der Waals surface area (Å²) in [7, 11) is 0.913. The highest BCUT2D eigenvalue weighted by molar-refractivity contribution is 7.89. The quantitative estimate of drug-likeness (QED) is 0.0252. The summed E-state index contributed by atoms with van der Waals surface area (Å²) in [5, 5.41) is 12.4. The third-order valence-electron chi connectivity index (χ3n) is 17.8. The van der Waals surface area contributed by atoms with E-state index in [2.05, 4.69) is 92.3 Å². The summed E-state index contributed by atoms with van der Waals surface area (Å²) in [6.45, 7) is 15.3. The lowest BCUT2D eigenvalue weighted by molar-refractivity contribution is 0.0377. The number of carbonyl (C=O) groups is 2. The van der Waals surface area contributed by atoms with Crippen LogP contribution in [0.3, 0.4) is 0 Å². The van der Waals surface area contributed by atoms with E-state index in [9.17, 15) is 26.4 Å². The van der Waals surface area contributed by atoms with E-state index in [-0.39, 0.29) is 125 Å². The van der Waals surface area contributed by atoms with Crippen LogP contribution in [0, 0.1) is 27.7 Å². The van der Waals surface area contributed by atoms with Gasteiger partial charge in [-0.3, -0.25) is 9.80 Å². The topological polar surface area (TPSA) is 243 Å². The molecule has 4 aliphatic rings. The van der Waals surface area contributed by atoms with Crippen molar-refractivity contribution >= 4 is 55.3 Å². The minimum atomic E-state index is -3.82. The molecular formula is C66H98Cl2N10O12S2. The van der Waals surface area contributed by atoms with Gasteiger partial charge in [-0.05, 0) is 226 Å². The Morgan fingerprint density at radius 1 is 0.500 bits per heavy atom. The van der Waals surface area contributed by atoms with Crippen molar-refractivity contribution in [2.75, 3.05) is 146 Å². The normalized spacial score (nSPS) is 20.3. The van der Waals surface area contributed by atoms with Crippen LogP contribution in [-0.2, 0) is 51.8 Å². The number of amides is 4. The molecule has 26 heteroatoms. The fraction of sp³-hybridized carbons (Fsp3) is 0.606. The van der Waals surface area contributed by atoms with Crippen molar-refractivity contribution in [3.63, 3.8) is 0 Å². The first-order valence-electron chi connectivity index (χ1n) is 32.4. The zero-order valence-electron chi connectivity index (χ0n) is 54.9. The number of urea groups is 2. The maximum atomic E-state index is 13.3. The molecule has 0 radical (unpaired) electrons. The van der Waals surface area contributed by atoms with Gasteiger partial charge in [0.05, 0.1) is 74.7 Å². The number of nitrogens with one attached hydrogen (secondary N) is 6. The number of likely N-dealkylation sites (tertiary alicyclic amines) is 2. The maximum Gasteiger partial charge on any atom is 0.314 e. The fourth-order valence-corrected chi connectivity index (χ4v) is 15.5. The molecule has 0 spiro atoms. The van der Waals surface area contributed by atoms with Crippen LogP contribution in [-0.4, -0.2) is 219 Å². The van der Waals surface area contributed by atoms with Crippen LogP contribution >= 0.6 is 23.2 Å². The first-order valence-corrected chi connectivity index (χ1v) is 36.1. The average molecular weight is 1360 g/mol. The summed E-state index contributed by atoms with van der Waals surface area (Å²) in [6, 6.07) is 18.5. The average Bonchev–Trinajstić information content (AvgIpc) is 1.62. The van der Waals surface area contributed by atoms with Gasteiger partial charge in [0.1, 0.15) is 23.7 Å². The fourth-order valence-electron chi connectivity index (χ4n) is 12.7. The molecule has 92 heavy (non-hydrogen) atoms. The predicted octanol–water partition coefficient (Wildman–Crippen LogP) is 7.07. The van der Waals surface area contributed by atoms with E-state index >= 15 is 0 Å². The Balaban J connectivity index is 0.599. The molecule has 0 unspecified atom stereocenters. The van der Waals surface area contributed by atoms with Crippen LogP contribution in [0.4, 0.5) is 9.59 Å². The van der Waals surface area contributed by atoms with E-state index in [0.29, 0.717) is 70.7 Å². The van der Waals surface area contributed by atoms with Gasteiger partial charge in [-0.25, -0.2) is 35.9 Å². The summed E-state index contributed by atoms with van der Waals surface area (Å²) in [5.41, 5.74) is 8.45. The van der Waals surface area contributed by atoms with Crippen molar-refractivity contribution in [1.82, 2.24) is 50.3 Å². The zero-order valence-corrected chi connectivity index (χ0v) is 58.0. The summed E-state index contributed by atoms with van der Waals surface area (Å²) in [6.07, 6.45) is 7.08. The van der Waals surface area contributed by atoms with Crippen LogP contribution in [0.15, 0.2) is 70.5 Å². The van der Waals surface area contributed by atoms with Crippen molar-refractivity contribution in [2.24, 2.45) is 0 Å². The van der Waals surface area contributed by atoms with Gasteiger partial charge in [0.2, 0.25) is 20.0 Å². The molecular weight excluding hydrogens is 1260 g/mol. The third-order valence-corrected chi connectivity index (χ3v) is 21.2. The lowest BCUT2D eigenvalue weighted by atomic mass is 10.0. The summed E-state index contributed by atoms with van der Waals surface area (Å²) in [4.78, 5) is 34.4. The minimum Gasteiger partial charge on any atom is -0.484 e. The van der Waals surface area contributed by atoms with Crippen LogP contribution < -0.4 is 40.2 Å². The Bertz CT molecular complexity index is 3100. The number of piperidine rings is 2. The first-order chi connectivity index (χ1) is 44.1. The van der Waals surface area contributed by atoms with Gasteiger partial charge in [-0.2, -0.15) is 0 Å². The molecule has 510 valence electrons. The van der Waals surface area contributed by atoms with E-state index in [0.717, 1.165) is 87.0 Å². The van der Waals surface area contributed by atoms with Crippen LogP contribution in [0.25, 0.3) is 0 Å². The molecule has 2 fully saturated rings. The number of hydrogen-bond donors (Lipinski definition) is 6. The Morgan fingerprint density at radius 2 is 0.870 bits per heavy atom. The number of fused-ring (bicyclic) bond motifs is 2. The molecule has 6 N–H and O–H groups in total. The van der Waals surface area contributed by atoms with Gasteiger partial charge in [-0.15, -0.1) is 0 Å². The van der Waals surface area contributed by atoms with Gasteiger partial charge < -0.3 is 59.5 Å². The number of ether oxygens (including phenoxy) is 6. The molecule has 4 aromatic rings. The monoisotopic (exact) mass is 1360 g/mol. The van der Waals surface area contributed by atoms with Gasteiger partial charge in [0, 0.05) is 74.5 Å². The maximum absolute atomic E-state index is 13.3. The highest BCUT2D eigenvalue weighted by Crippen LogP contribution is 2.44. The number of hydrogen-bond acceptors (Lipinski definition) is 16. The molecule has 2 saturated heterocycles. The molecule has 4 aromatic carbocycles. The Morgan fingerprint density at radius 3 is 1.24 bits per heavy atom. The number of aryl methyl sites for hydroxylation is 4. The molecule has 2 aliphatic carbocycles. The second-order valence-corrected chi connectivity index (χ2v) is 29.3. The van der Waals surface area contributed by atoms with E-state index < -0.39 is 20.0 Å². The molecule has 0 saturated carbocycles. The lowest BCUT2D eigenvalue weighted by Crippen LogP contribution is -2.51.